The second-order valence-electron chi connectivity index (χ2n) is 11.5. The fourth-order valence-electron chi connectivity index (χ4n) is 5.27. The predicted octanol–water partition coefficient (Wildman–Crippen LogP) is -1.81. The van der Waals surface area contributed by atoms with Crippen molar-refractivity contribution in [1.82, 2.24) is 0 Å². The quantitative estimate of drug-likeness (QED) is 0.0412. The largest absolute Gasteiger partial charge is 1.00 e. The van der Waals surface area contributed by atoms with E-state index in [1.165, 1.54) is 67.6 Å². The third-order valence-electron chi connectivity index (χ3n) is 7.65. The van der Waals surface area contributed by atoms with Crippen molar-refractivity contribution in [1.29, 1.82) is 0 Å². The van der Waals surface area contributed by atoms with Gasteiger partial charge in [-0.05, 0) is 109 Å². The monoisotopic (exact) mass is 813 g/mol. The predicted molar refractivity (Wildman–Crippen MR) is 199 cm³/mol. The summed E-state index contributed by atoms with van der Waals surface area (Å²) in [7, 11) is -10.1. The van der Waals surface area contributed by atoms with Gasteiger partial charge in [-0.15, -0.1) is 0 Å². The zero-order valence-corrected chi connectivity index (χ0v) is 35.2. The summed E-state index contributed by atoms with van der Waals surface area (Å²) >= 11 is 0. The van der Waals surface area contributed by atoms with E-state index >= 15 is 0 Å². The molecule has 0 fully saturated rings. The fraction of sp³-hybridized carbons (Fsp3) is 0.0286. The number of urea groups is 1. The van der Waals surface area contributed by atoms with Gasteiger partial charge in [-0.3, -0.25) is 30.0 Å². The van der Waals surface area contributed by atoms with Crippen molar-refractivity contribution in [3.8, 4) is 0 Å². The van der Waals surface area contributed by atoms with E-state index < -0.39 is 65.0 Å². The number of benzene rings is 4. The second kappa shape index (κ2) is 18.0. The van der Waals surface area contributed by atoms with E-state index in [0.29, 0.717) is 17.1 Å². The van der Waals surface area contributed by atoms with Crippen molar-refractivity contribution in [2.75, 3.05) is 21.5 Å². The molecule has 0 unspecified atom stereocenters. The molecule has 0 aliphatic heterocycles. The van der Waals surface area contributed by atoms with Crippen LogP contribution >= 0.6 is 0 Å². The number of para-hydroxylation sites is 1. The van der Waals surface area contributed by atoms with Crippen molar-refractivity contribution < 1.29 is 105 Å². The van der Waals surface area contributed by atoms with Crippen molar-refractivity contribution in [2.45, 2.75) is 6.92 Å². The molecule has 4 aromatic rings. The Hall–Kier alpha value is -4.80. The molecule has 5 N–H and O–H groups in total. The number of aliphatic imine (C=N–C) groups is 1. The number of rotatable bonds is 9. The number of amides is 2. The summed E-state index contributed by atoms with van der Waals surface area (Å²) < 4.78 is 70.9. The molecular formula is C35H25N7Na2O10S2. The molecule has 21 heteroatoms. The minimum atomic E-state index is -5.17. The average Bonchev–Trinajstić information content (AvgIpc) is 3.10. The molecule has 17 nitrogen and oxygen atoms in total. The first-order chi connectivity index (χ1) is 25.6. The van der Waals surface area contributed by atoms with Crippen LogP contribution in [-0.4, -0.2) is 60.9 Å². The Morgan fingerprint density at radius 3 is 1.57 bits per heavy atom. The molecule has 274 valence electrons. The topological polar surface area (TPSA) is 271 Å². The maximum absolute atomic E-state index is 13.4. The summed E-state index contributed by atoms with van der Waals surface area (Å²) in [6.45, 7) is 1.28. The van der Waals surface area contributed by atoms with Gasteiger partial charge < -0.3 is 20.3 Å². The van der Waals surface area contributed by atoms with Gasteiger partial charge >= 0.3 is 65.1 Å². The van der Waals surface area contributed by atoms with Crippen LogP contribution in [0.2, 0.25) is 0 Å². The van der Waals surface area contributed by atoms with Gasteiger partial charge in [0.25, 0.3) is 10.1 Å². The van der Waals surface area contributed by atoms with E-state index in [2.05, 4.69) is 36.7 Å². The van der Waals surface area contributed by atoms with Crippen LogP contribution in [0.3, 0.4) is 0 Å². The minimum absolute atomic E-state index is 0. The zero-order valence-electron chi connectivity index (χ0n) is 29.6. The van der Waals surface area contributed by atoms with Gasteiger partial charge in [0.15, 0.2) is 5.71 Å². The Morgan fingerprint density at radius 1 is 0.661 bits per heavy atom. The van der Waals surface area contributed by atoms with Crippen LogP contribution in [0.15, 0.2) is 116 Å². The number of carbonyl (C=O) groups is 3. The molecule has 2 aliphatic carbocycles. The van der Waals surface area contributed by atoms with E-state index in [0.717, 1.165) is 12.2 Å². The Balaban J connectivity index is 0.00000348. The van der Waals surface area contributed by atoms with E-state index in [1.807, 2.05) is 0 Å². The molecule has 0 atom stereocenters. The van der Waals surface area contributed by atoms with Crippen LogP contribution < -0.4 is 85.7 Å². The molecule has 0 radical (unpaired) electrons. The Kier molecular flexibility index (Phi) is 14.1. The van der Waals surface area contributed by atoms with Crippen molar-refractivity contribution >= 4 is 95.7 Å². The van der Waals surface area contributed by atoms with Gasteiger partial charge in [0, 0.05) is 22.5 Å². The molecule has 6 rings (SSSR count). The number of carbonyl (C=O) groups excluding carboxylic acids is 3. The fourth-order valence-corrected chi connectivity index (χ4v) is 6.57. The van der Waals surface area contributed by atoms with Gasteiger partial charge in [-0.25, -0.2) is 13.2 Å². The van der Waals surface area contributed by atoms with Gasteiger partial charge in [0.05, 0.1) is 22.0 Å². The number of hydrogen-bond donors (Lipinski definition) is 5. The second-order valence-corrected chi connectivity index (χ2v) is 14.2. The number of allylic oxidation sites excluding steroid dienone is 2. The number of hydrazone groups is 2. The normalized spacial score (nSPS) is 15.3. The van der Waals surface area contributed by atoms with Crippen LogP contribution in [0.25, 0.3) is 12.2 Å². The van der Waals surface area contributed by atoms with Crippen molar-refractivity contribution in [3.05, 3.63) is 123 Å². The first kappa shape index (κ1) is 43.9. The molecule has 2 aliphatic rings. The smallest absolute Gasteiger partial charge is 0.862 e. The first-order valence-corrected chi connectivity index (χ1v) is 18.3. The van der Waals surface area contributed by atoms with Crippen LogP contribution in [0.4, 0.5) is 33.2 Å². The molecular weight excluding hydrogens is 789 g/mol. The third-order valence-corrected chi connectivity index (χ3v) is 9.36. The number of Topliss-reactive ketones (excluding diaryl/α,β-unsaturated/α-hetero) is 2. The summed E-state index contributed by atoms with van der Waals surface area (Å²) in [6.07, 6.45) is 1.98. The summed E-state index contributed by atoms with van der Waals surface area (Å²) in [5, 5.41) is 24.0. The summed E-state index contributed by atoms with van der Waals surface area (Å²) in [4.78, 5) is 41.6. The molecule has 2 amide bonds. The number of anilines is 4. The van der Waals surface area contributed by atoms with E-state index in [4.69, 9.17) is 0 Å². The molecule has 0 saturated carbocycles. The molecule has 4 aromatic carbocycles. The molecule has 0 aromatic heterocycles. The maximum atomic E-state index is 13.4. The Labute approximate surface area is 363 Å². The molecule has 0 bridgehead atoms. The summed E-state index contributed by atoms with van der Waals surface area (Å²) in [5.74, 6) is -2.11. The van der Waals surface area contributed by atoms with Crippen LogP contribution in [0.5, 0.6) is 0 Å². The third kappa shape index (κ3) is 10.3. The Morgan fingerprint density at radius 2 is 1.11 bits per heavy atom. The van der Waals surface area contributed by atoms with E-state index in [9.17, 15) is 45.4 Å². The van der Waals surface area contributed by atoms with Crippen molar-refractivity contribution in [3.63, 3.8) is 0 Å². The Bertz CT molecular complexity index is 2630. The zero-order chi connectivity index (χ0) is 38.8. The van der Waals surface area contributed by atoms with E-state index in [1.54, 1.807) is 30.3 Å². The van der Waals surface area contributed by atoms with Gasteiger partial charge in [0.1, 0.15) is 20.7 Å². The maximum Gasteiger partial charge on any atom is 1.00 e. The van der Waals surface area contributed by atoms with Crippen LogP contribution in [-0.2, 0) is 20.2 Å². The number of nitrogens with zero attached hydrogens (tertiary/aromatic N) is 3. The van der Waals surface area contributed by atoms with E-state index in [-0.39, 0.29) is 92.7 Å². The van der Waals surface area contributed by atoms with Crippen molar-refractivity contribution in [2.24, 2.45) is 15.2 Å². The van der Waals surface area contributed by atoms with Gasteiger partial charge in [-0.1, -0.05) is 18.2 Å². The van der Waals surface area contributed by atoms with Crippen LogP contribution in [0, 0.1) is 0 Å². The number of nitrogens with one attached hydrogen (secondary N) is 4. The number of hydrogen-bond acceptors (Lipinski definition) is 14. The summed E-state index contributed by atoms with van der Waals surface area (Å²) in [5.41, 5.74) is 5.26. The van der Waals surface area contributed by atoms with Crippen LogP contribution in [0.1, 0.15) is 38.8 Å². The van der Waals surface area contributed by atoms with Gasteiger partial charge in [-0.2, -0.15) is 18.6 Å². The standard InChI is InChI=1S/C35H27N7O10S2.2Na/c1-19(43)36-22-7-9-24(10-8-22)40-42-32-30(54(50,51)52)18-21-16-26(12-14-28(21)34(32)45)38-35(46)37-25-11-13-27-20(15-25)17-29(53(47,48)49)31(33(27)44)41-39-23-5-3-2-4-6-23;;/h2-18,39-40H,1H3,(H,36,43)(H2,37,38,46)(H,47,48,49)(H,50,51,52);;/q;2*+1/p-2/b41-31-,42-32+;;. The molecule has 0 saturated heterocycles. The SMILES string of the molecule is CC([O-])=Nc1ccc(N/N=C2/C(=O)c3ccc(NC(=O)Nc4ccc5c(c4)C=C(S(=O)(=O)[O-])/C(=N/Nc4ccccc4)C5=O)cc3C=C2S(=O)(=O)O)cc1.[Na+].[Na+]. The summed E-state index contributed by atoms with van der Waals surface area (Å²) in [6, 6.07) is 21.3. The minimum Gasteiger partial charge on any atom is -0.862 e. The molecule has 0 heterocycles. The molecule has 0 spiro atoms. The first-order valence-electron chi connectivity index (χ1n) is 15.4. The van der Waals surface area contributed by atoms with Gasteiger partial charge in [0.2, 0.25) is 11.6 Å². The number of ketones is 2. The number of fused-ring (bicyclic) bond motifs is 2. The average molecular weight is 814 g/mol. The molecule has 56 heavy (non-hydrogen) atoms.